The average molecular weight is 340 g/mol. The summed E-state index contributed by atoms with van der Waals surface area (Å²) in [6.45, 7) is 2.15. The molecular formula is C12H10BrN3O2S. The van der Waals surface area contributed by atoms with Crippen LogP contribution in [0.2, 0.25) is 0 Å². The summed E-state index contributed by atoms with van der Waals surface area (Å²) in [5, 5.41) is 3.30. The van der Waals surface area contributed by atoms with E-state index in [0.29, 0.717) is 17.6 Å². The van der Waals surface area contributed by atoms with Gasteiger partial charge in [-0.2, -0.15) is 4.37 Å². The van der Waals surface area contributed by atoms with Gasteiger partial charge in [-0.25, -0.2) is 4.98 Å². The molecule has 1 aliphatic rings. The Morgan fingerprint density at radius 2 is 2.42 bits per heavy atom. The lowest BCUT2D eigenvalue weighted by Crippen LogP contribution is -2.22. The third kappa shape index (κ3) is 2.48. The van der Waals surface area contributed by atoms with Crippen LogP contribution >= 0.6 is 27.5 Å². The SMILES string of the molecule is Cc1nsc(NC(=O)C2COc3ccc(Br)cc32)n1. The number of carbonyl (C=O) groups excluding carboxylic acids is 1. The second-order valence-corrected chi connectivity index (χ2v) is 5.85. The largest absolute Gasteiger partial charge is 0.492 e. The Balaban J connectivity index is 1.81. The maximum Gasteiger partial charge on any atom is 0.237 e. The van der Waals surface area contributed by atoms with Crippen LogP contribution in [0.4, 0.5) is 5.13 Å². The molecule has 0 aliphatic carbocycles. The monoisotopic (exact) mass is 339 g/mol. The highest BCUT2D eigenvalue weighted by Gasteiger charge is 2.31. The molecule has 5 nitrogen and oxygen atoms in total. The Labute approximate surface area is 122 Å². The number of aryl methyl sites for hydroxylation is 1. The average Bonchev–Trinajstić information content (AvgIpc) is 2.95. The van der Waals surface area contributed by atoms with E-state index in [0.717, 1.165) is 15.8 Å². The van der Waals surface area contributed by atoms with Crippen molar-refractivity contribution in [1.82, 2.24) is 9.36 Å². The number of ether oxygens (including phenoxy) is 1. The first-order valence-electron chi connectivity index (χ1n) is 5.67. The van der Waals surface area contributed by atoms with Crippen molar-refractivity contribution >= 4 is 38.5 Å². The molecule has 0 spiro atoms. The number of anilines is 1. The summed E-state index contributed by atoms with van der Waals surface area (Å²) >= 11 is 4.58. The highest BCUT2D eigenvalue weighted by atomic mass is 79.9. The van der Waals surface area contributed by atoms with Crippen molar-refractivity contribution in [1.29, 1.82) is 0 Å². The Bertz CT molecular complexity index is 644. The molecule has 2 heterocycles. The van der Waals surface area contributed by atoms with Gasteiger partial charge in [-0.1, -0.05) is 15.9 Å². The van der Waals surface area contributed by atoms with Gasteiger partial charge < -0.3 is 10.1 Å². The Hall–Kier alpha value is -1.47. The topological polar surface area (TPSA) is 64.1 Å². The zero-order chi connectivity index (χ0) is 13.4. The third-order valence-corrected chi connectivity index (χ3v) is 4.04. The number of nitrogens with one attached hydrogen (secondary N) is 1. The van der Waals surface area contributed by atoms with E-state index in [-0.39, 0.29) is 11.8 Å². The minimum atomic E-state index is -0.309. The molecule has 1 amide bonds. The van der Waals surface area contributed by atoms with Gasteiger partial charge in [0.1, 0.15) is 24.1 Å². The molecule has 98 valence electrons. The minimum absolute atomic E-state index is 0.118. The van der Waals surface area contributed by atoms with Gasteiger partial charge in [-0.15, -0.1) is 0 Å². The van der Waals surface area contributed by atoms with E-state index >= 15 is 0 Å². The number of rotatable bonds is 2. The highest BCUT2D eigenvalue weighted by Crippen LogP contribution is 2.36. The van der Waals surface area contributed by atoms with Crippen LogP contribution in [0.5, 0.6) is 5.75 Å². The Morgan fingerprint density at radius 1 is 1.58 bits per heavy atom. The number of halogens is 1. The molecule has 7 heteroatoms. The molecule has 19 heavy (non-hydrogen) atoms. The molecule has 0 radical (unpaired) electrons. The molecule has 1 aromatic carbocycles. The molecule has 3 rings (SSSR count). The first kappa shape index (κ1) is 12.6. The summed E-state index contributed by atoms with van der Waals surface area (Å²) in [5.74, 6) is 0.993. The second kappa shape index (κ2) is 4.90. The molecule has 1 atom stereocenters. The van der Waals surface area contributed by atoms with E-state index in [4.69, 9.17) is 4.74 Å². The van der Waals surface area contributed by atoms with Gasteiger partial charge in [-0.3, -0.25) is 4.79 Å². The minimum Gasteiger partial charge on any atom is -0.492 e. The fraction of sp³-hybridized carbons (Fsp3) is 0.250. The maximum absolute atomic E-state index is 12.2. The van der Waals surface area contributed by atoms with Crippen LogP contribution in [-0.2, 0) is 4.79 Å². The molecule has 2 aromatic rings. The van der Waals surface area contributed by atoms with Gasteiger partial charge in [-0.05, 0) is 25.1 Å². The van der Waals surface area contributed by atoms with Crippen LogP contribution < -0.4 is 10.1 Å². The zero-order valence-electron chi connectivity index (χ0n) is 10.0. The van der Waals surface area contributed by atoms with Gasteiger partial charge in [0, 0.05) is 21.6 Å². The van der Waals surface area contributed by atoms with Crippen molar-refractivity contribution in [2.24, 2.45) is 0 Å². The molecule has 0 saturated heterocycles. The van der Waals surface area contributed by atoms with Crippen molar-refractivity contribution in [3.8, 4) is 5.75 Å². The van der Waals surface area contributed by atoms with Crippen LogP contribution in [0.1, 0.15) is 17.3 Å². The molecule has 1 N–H and O–H groups in total. The fourth-order valence-corrected chi connectivity index (χ4v) is 2.90. The van der Waals surface area contributed by atoms with Crippen LogP contribution in [0, 0.1) is 6.92 Å². The summed E-state index contributed by atoms with van der Waals surface area (Å²) in [7, 11) is 0. The first-order chi connectivity index (χ1) is 9.13. The lowest BCUT2D eigenvalue weighted by atomic mass is 10.0. The normalized spacial score (nSPS) is 16.8. The number of carbonyl (C=O) groups is 1. The number of hydrogen-bond donors (Lipinski definition) is 1. The molecule has 0 fully saturated rings. The van der Waals surface area contributed by atoms with Crippen molar-refractivity contribution in [3.05, 3.63) is 34.1 Å². The summed E-state index contributed by atoms with van der Waals surface area (Å²) in [4.78, 5) is 16.4. The number of fused-ring (bicyclic) bond motifs is 1. The maximum atomic E-state index is 12.2. The predicted octanol–water partition coefficient (Wildman–Crippen LogP) is 2.72. The van der Waals surface area contributed by atoms with E-state index in [9.17, 15) is 4.79 Å². The van der Waals surface area contributed by atoms with E-state index in [1.54, 1.807) is 6.92 Å². The zero-order valence-corrected chi connectivity index (χ0v) is 12.4. The van der Waals surface area contributed by atoms with Gasteiger partial charge >= 0.3 is 0 Å². The molecule has 0 saturated carbocycles. The van der Waals surface area contributed by atoms with E-state index in [1.807, 2.05) is 18.2 Å². The van der Waals surface area contributed by atoms with Crippen molar-refractivity contribution in [2.75, 3.05) is 11.9 Å². The molecule has 1 aliphatic heterocycles. The summed E-state index contributed by atoms with van der Waals surface area (Å²) in [6.07, 6.45) is 0. The molecule has 1 aromatic heterocycles. The van der Waals surface area contributed by atoms with Gasteiger partial charge in [0.2, 0.25) is 11.0 Å². The highest BCUT2D eigenvalue weighted by molar-refractivity contribution is 9.10. The standard InChI is InChI=1S/C12H10BrN3O2S/c1-6-14-12(19-16-6)15-11(17)9-5-18-10-3-2-7(13)4-8(9)10/h2-4,9H,5H2,1H3,(H,14,15,16,17). The second-order valence-electron chi connectivity index (χ2n) is 4.18. The van der Waals surface area contributed by atoms with E-state index < -0.39 is 0 Å². The summed E-state index contributed by atoms with van der Waals surface area (Å²) in [6, 6.07) is 5.67. The van der Waals surface area contributed by atoms with Crippen LogP contribution in [-0.4, -0.2) is 21.9 Å². The summed E-state index contributed by atoms with van der Waals surface area (Å²) in [5.41, 5.74) is 0.896. The molecule has 0 bridgehead atoms. The molecule has 1 unspecified atom stereocenters. The van der Waals surface area contributed by atoms with E-state index in [1.165, 1.54) is 11.5 Å². The van der Waals surface area contributed by atoms with Crippen LogP contribution in [0.15, 0.2) is 22.7 Å². The van der Waals surface area contributed by atoms with Gasteiger partial charge in [0.05, 0.1) is 0 Å². The van der Waals surface area contributed by atoms with Gasteiger partial charge in [0.15, 0.2) is 0 Å². The van der Waals surface area contributed by atoms with Crippen molar-refractivity contribution < 1.29 is 9.53 Å². The quantitative estimate of drug-likeness (QED) is 0.913. The first-order valence-corrected chi connectivity index (χ1v) is 7.23. The van der Waals surface area contributed by atoms with Crippen LogP contribution in [0.3, 0.4) is 0 Å². The van der Waals surface area contributed by atoms with E-state index in [2.05, 4.69) is 30.6 Å². The van der Waals surface area contributed by atoms with Crippen LogP contribution in [0.25, 0.3) is 0 Å². The predicted molar refractivity (Wildman–Crippen MR) is 75.7 cm³/mol. The fourth-order valence-electron chi connectivity index (χ4n) is 1.94. The Kier molecular flexibility index (Phi) is 3.24. The molecular weight excluding hydrogens is 330 g/mol. The number of aromatic nitrogens is 2. The number of benzene rings is 1. The number of amides is 1. The number of hydrogen-bond acceptors (Lipinski definition) is 5. The van der Waals surface area contributed by atoms with Crippen molar-refractivity contribution in [3.63, 3.8) is 0 Å². The van der Waals surface area contributed by atoms with Crippen molar-refractivity contribution in [2.45, 2.75) is 12.8 Å². The lowest BCUT2D eigenvalue weighted by molar-refractivity contribution is -0.117. The Morgan fingerprint density at radius 3 is 3.16 bits per heavy atom. The summed E-state index contributed by atoms with van der Waals surface area (Å²) < 4.78 is 10.5. The lowest BCUT2D eigenvalue weighted by Gasteiger charge is -2.07. The third-order valence-electron chi connectivity index (χ3n) is 2.83. The number of nitrogens with zero attached hydrogens (tertiary/aromatic N) is 2. The van der Waals surface area contributed by atoms with Gasteiger partial charge in [0.25, 0.3) is 0 Å². The smallest absolute Gasteiger partial charge is 0.237 e.